The molecule has 4 nitrogen and oxygen atoms in total. The number of rotatable bonds is 8. The van der Waals surface area contributed by atoms with E-state index in [4.69, 9.17) is 9.47 Å². The molecule has 2 N–H and O–H groups in total. The van der Waals surface area contributed by atoms with E-state index in [0.717, 1.165) is 36.4 Å². The van der Waals surface area contributed by atoms with Crippen LogP contribution in [0.2, 0.25) is 0 Å². The summed E-state index contributed by atoms with van der Waals surface area (Å²) >= 11 is 0. The van der Waals surface area contributed by atoms with Crippen LogP contribution in [-0.2, 0) is 0 Å². The molecule has 0 radical (unpaired) electrons. The van der Waals surface area contributed by atoms with Crippen LogP contribution in [0.4, 0.5) is 0 Å². The van der Waals surface area contributed by atoms with Crippen LogP contribution in [0.3, 0.4) is 0 Å². The first kappa shape index (κ1) is 15.8. The second-order valence-electron chi connectivity index (χ2n) is 4.64. The Morgan fingerprint density at radius 2 is 1.89 bits per heavy atom. The number of aliphatic hydroxyl groups is 1. The van der Waals surface area contributed by atoms with Crippen LogP contribution in [-0.4, -0.2) is 32.0 Å². The molecule has 2 atom stereocenters. The average molecular weight is 267 g/mol. The second kappa shape index (κ2) is 8.02. The summed E-state index contributed by atoms with van der Waals surface area (Å²) in [7, 11) is 3.27. The van der Waals surface area contributed by atoms with Gasteiger partial charge >= 0.3 is 0 Å². The van der Waals surface area contributed by atoms with Gasteiger partial charge in [-0.25, -0.2) is 0 Å². The lowest BCUT2D eigenvalue weighted by molar-refractivity contribution is 0.159. The fraction of sp³-hybridized carbons (Fsp3) is 0.600. The van der Waals surface area contributed by atoms with E-state index < -0.39 is 0 Å². The molecule has 0 bridgehead atoms. The van der Waals surface area contributed by atoms with Gasteiger partial charge in [0.15, 0.2) is 11.5 Å². The fourth-order valence-corrected chi connectivity index (χ4v) is 1.91. The van der Waals surface area contributed by atoms with Gasteiger partial charge in [0.2, 0.25) is 0 Å². The van der Waals surface area contributed by atoms with Crippen molar-refractivity contribution in [3.63, 3.8) is 0 Å². The molecule has 4 heteroatoms. The molecule has 0 aliphatic heterocycles. The van der Waals surface area contributed by atoms with Crippen molar-refractivity contribution < 1.29 is 14.6 Å². The van der Waals surface area contributed by atoms with E-state index in [1.165, 1.54) is 0 Å². The number of nitrogens with one attached hydrogen (secondary N) is 1. The maximum atomic E-state index is 9.52. The molecule has 0 spiro atoms. The highest BCUT2D eigenvalue weighted by atomic mass is 16.5. The highest BCUT2D eigenvalue weighted by molar-refractivity contribution is 5.43. The highest BCUT2D eigenvalue weighted by Crippen LogP contribution is 2.29. The first-order valence-electron chi connectivity index (χ1n) is 6.75. The lowest BCUT2D eigenvalue weighted by Crippen LogP contribution is -2.23. The van der Waals surface area contributed by atoms with Crippen molar-refractivity contribution in [3.05, 3.63) is 23.8 Å². The Bertz CT molecular complexity index is 382. The minimum atomic E-state index is -0.217. The number of methoxy groups -OCH3 is 2. The van der Waals surface area contributed by atoms with Crippen LogP contribution in [0.5, 0.6) is 11.5 Å². The first-order valence-corrected chi connectivity index (χ1v) is 6.75. The minimum absolute atomic E-state index is 0.212. The Morgan fingerprint density at radius 1 is 1.21 bits per heavy atom. The summed E-state index contributed by atoms with van der Waals surface area (Å²) in [6.45, 7) is 4.88. The smallest absolute Gasteiger partial charge is 0.161 e. The Hall–Kier alpha value is -1.26. The van der Waals surface area contributed by atoms with Gasteiger partial charge in [-0.3, -0.25) is 0 Å². The lowest BCUT2D eigenvalue weighted by Gasteiger charge is -2.17. The van der Waals surface area contributed by atoms with Gasteiger partial charge in [-0.05, 0) is 44.0 Å². The van der Waals surface area contributed by atoms with Crippen molar-refractivity contribution in [1.82, 2.24) is 5.32 Å². The largest absolute Gasteiger partial charge is 0.493 e. The first-order chi connectivity index (χ1) is 9.12. The third-order valence-corrected chi connectivity index (χ3v) is 3.31. The molecule has 0 aliphatic carbocycles. The minimum Gasteiger partial charge on any atom is -0.493 e. The predicted molar refractivity (Wildman–Crippen MR) is 76.9 cm³/mol. The number of hydrogen-bond acceptors (Lipinski definition) is 4. The summed E-state index contributed by atoms with van der Waals surface area (Å²) in [5, 5.41) is 12.9. The van der Waals surface area contributed by atoms with Crippen molar-refractivity contribution >= 4 is 0 Å². The lowest BCUT2D eigenvalue weighted by atomic mass is 10.1. The van der Waals surface area contributed by atoms with Gasteiger partial charge in [-0.1, -0.05) is 13.0 Å². The van der Waals surface area contributed by atoms with E-state index in [1.54, 1.807) is 14.2 Å². The summed E-state index contributed by atoms with van der Waals surface area (Å²) in [5.74, 6) is 1.47. The van der Waals surface area contributed by atoms with Gasteiger partial charge in [0.1, 0.15) is 0 Å². The summed E-state index contributed by atoms with van der Waals surface area (Å²) in [5.41, 5.74) is 1.14. The summed E-state index contributed by atoms with van der Waals surface area (Å²) in [4.78, 5) is 0. The van der Waals surface area contributed by atoms with Crippen molar-refractivity contribution in [1.29, 1.82) is 0 Å². The number of ether oxygens (including phenoxy) is 2. The maximum absolute atomic E-state index is 9.52. The Kier molecular flexibility index (Phi) is 6.67. The van der Waals surface area contributed by atoms with E-state index >= 15 is 0 Å². The summed E-state index contributed by atoms with van der Waals surface area (Å²) in [6.07, 6.45) is 1.35. The molecule has 1 rings (SSSR count). The molecular weight excluding hydrogens is 242 g/mol. The molecule has 1 aromatic carbocycles. The van der Waals surface area contributed by atoms with Crippen LogP contribution >= 0.6 is 0 Å². The highest BCUT2D eigenvalue weighted by Gasteiger charge is 2.10. The topological polar surface area (TPSA) is 50.7 Å². The Labute approximate surface area is 115 Å². The zero-order chi connectivity index (χ0) is 14.3. The van der Waals surface area contributed by atoms with Gasteiger partial charge in [-0.15, -0.1) is 0 Å². The molecule has 0 aliphatic rings. The molecule has 0 heterocycles. The standard InChI is InChI=1S/C15H25NO3/c1-5-13(17)8-9-16-11(2)12-6-7-14(18-3)15(10-12)19-4/h6-7,10-11,13,16-17H,5,8-9H2,1-4H3. The van der Waals surface area contributed by atoms with Crippen LogP contribution < -0.4 is 14.8 Å². The predicted octanol–water partition coefficient (Wildman–Crippen LogP) is 2.52. The van der Waals surface area contributed by atoms with Gasteiger partial charge in [0, 0.05) is 6.04 Å². The third kappa shape index (κ3) is 4.73. The second-order valence-corrected chi connectivity index (χ2v) is 4.64. The normalized spacial score (nSPS) is 13.9. The fourth-order valence-electron chi connectivity index (χ4n) is 1.91. The molecule has 0 saturated carbocycles. The van der Waals surface area contributed by atoms with E-state index in [-0.39, 0.29) is 12.1 Å². The van der Waals surface area contributed by atoms with E-state index in [2.05, 4.69) is 12.2 Å². The zero-order valence-corrected chi connectivity index (χ0v) is 12.3. The number of aliphatic hydroxyl groups excluding tert-OH is 1. The monoisotopic (exact) mass is 267 g/mol. The molecule has 0 aromatic heterocycles. The van der Waals surface area contributed by atoms with Crippen molar-refractivity contribution in [2.45, 2.75) is 38.8 Å². The van der Waals surface area contributed by atoms with Gasteiger partial charge in [0.05, 0.1) is 20.3 Å². The zero-order valence-electron chi connectivity index (χ0n) is 12.3. The Morgan fingerprint density at radius 3 is 2.47 bits per heavy atom. The molecule has 0 amide bonds. The molecule has 2 unspecified atom stereocenters. The van der Waals surface area contributed by atoms with Crippen LogP contribution in [0.1, 0.15) is 38.3 Å². The SMILES string of the molecule is CCC(O)CCNC(C)c1ccc(OC)c(OC)c1. The van der Waals surface area contributed by atoms with Crippen LogP contribution in [0.15, 0.2) is 18.2 Å². The summed E-state index contributed by atoms with van der Waals surface area (Å²) in [6, 6.07) is 6.12. The molecule has 1 aromatic rings. The maximum Gasteiger partial charge on any atom is 0.161 e. The molecular formula is C15H25NO3. The molecule has 0 fully saturated rings. The average Bonchev–Trinajstić information content (AvgIpc) is 2.45. The quantitative estimate of drug-likeness (QED) is 0.760. The van der Waals surface area contributed by atoms with Crippen molar-refractivity contribution in [2.75, 3.05) is 20.8 Å². The number of hydrogen-bond donors (Lipinski definition) is 2. The van der Waals surface area contributed by atoms with Gasteiger partial charge in [0.25, 0.3) is 0 Å². The molecule has 19 heavy (non-hydrogen) atoms. The van der Waals surface area contributed by atoms with Crippen molar-refractivity contribution in [2.24, 2.45) is 0 Å². The van der Waals surface area contributed by atoms with Crippen LogP contribution in [0.25, 0.3) is 0 Å². The van der Waals surface area contributed by atoms with Crippen LogP contribution in [0, 0.1) is 0 Å². The van der Waals surface area contributed by atoms with Gasteiger partial charge in [-0.2, -0.15) is 0 Å². The Balaban J connectivity index is 2.59. The van der Waals surface area contributed by atoms with E-state index in [1.807, 2.05) is 25.1 Å². The van der Waals surface area contributed by atoms with Crippen molar-refractivity contribution in [3.8, 4) is 11.5 Å². The van der Waals surface area contributed by atoms with E-state index in [0.29, 0.717) is 0 Å². The molecule has 0 saturated heterocycles. The van der Waals surface area contributed by atoms with Gasteiger partial charge < -0.3 is 19.9 Å². The molecule has 108 valence electrons. The van der Waals surface area contributed by atoms with E-state index in [9.17, 15) is 5.11 Å². The number of benzene rings is 1. The summed E-state index contributed by atoms with van der Waals surface area (Å²) < 4.78 is 10.5. The third-order valence-electron chi connectivity index (χ3n) is 3.31.